The summed E-state index contributed by atoms with van der Waals surface area (Å²) >= 11 is 4.77. The largest absolute Gasteiger partial charge is 0.269 e. The monoisotopic (exact) mass is 518 g/mol. The van der Waals surface area contributed by atoms with Crippen LogP contribution in [0.25, 0.3) is 22.2 Å². The lowest BCUT2D eigenvalue weighted by atomic mass is 10.1. The molecular formula is C25H19BrN4O2S. The molecule has 0 saturated heterocycles. The minimum absolute atomic E-state index is 0.117. The maximum absolute atomic E-state index is 13.5. The van der Waals surface area contributed by atoms with Crippen LogP contribution in [0.4, 0.5) is 0 Å². The van der Waals surface area contributed by atoms with Crippen molar-refractivity contribution >= 4 is 44.2 Å². The summed E-state index contributed by atoms with van der Waals surface area (Å²) in [6.07, 6.45) is 1.70. The van der Waals surface area contributed by atoms with E-state index in [1.54, 1.807) is 22.9 Å². The molecule has 0 spiro atoms. The summed E-state index contributed by atoms with van der Waals surface area (Å²) in [5.74, 6) is 0.400. The lowest BCUT2D eigenvalue weighted by molar-refractivity contribution is 0.812. The molecule has 33 heavy (non-hydrogen) atoms. The molecule has 0 aliphatic heterocycles. The lowest BCUT2D eigenvalue weighted by Crippen LogP contribution is -2.23. The van der Waals surface area contributed by atoms with E-state index in [0.717, 1.165) is 21.3 Å². The average molecular weight is 519 g/mol. The molecule has 0 amide bonds. The van der Waals surface area contributed by atoms with Gasteiger partial charge in [0.1, 0.15) is 5.65 Å². The number of thioether (sulfide) groups is 1. The minimum atomic E-state index is -0.157. The van der Waals surface area contributed by atoms with Crippen LogP contribution in [0.15, 0.2) is 86.1 Å². The summed E-state index contributed by atoms with van der Waals surface area (Å²) in [5, 5.41) is 1.13. The number of fused-ring (bicyclic) bond motifs is 2. The number of hydrogen-bond acceptors (Lipinski definition) is 5. The van der Waals surface area contributed by atoms with E-state index in [-0.39, 0.29) is 11.1 Å². The molecular weight excluding hydrogens is 500 g/mol. The van der Waals surface area contributed by atoms with Gasteiger partial charge in [0.05, 0.1) is 22.3 Å². The molecule has 0 radical (unpaired) electrons. The zero-order chi connectivity index (χ0) is 23.1. The molecule has 0 atom stereocenters. The number of para-hydroxylation sites is 1. The number of aryl methyl sites for hydroxylation is 1. The van der Waals surface area contributed by atoms with Gasteiger partial charge in [-0.15, -0.1) is 0 Å². The molecule has 0 N–H and O–H groups in total. The van der Waals surface area contributed by atoms with Crippen molar-refractivity contribution in [2.24, 2.45) is 0 Å². The molecule has 0 bridgehead atoms. The number of benzene rings is 2. The quantitative estimate of drug-likeness (QED) is 0.245. The van der Waals surface area contributed by atoms with Crippen LogP contribution in [-0.2, 0) is 5.75 Å². The van der Waals surface area contributed by atoms with Crippen molar-refractivity contribution in [1.29, 1.82) is 0 Å². The van der Waals surface area contributed by atoms with Gasteiger partial charge in [-0.2, -0.15) is 0 Å². The molecule has 6 nitrogen and oxygen atoms in total. The Kier molecular flexibility index (Phi) is 5.64. The Labute approximate surface area is 202 Å². The second kappa shape index (κ2) is 8.61. The van der Waals surface area contributed by atoms with E-state index >= 15 is 0 Å². The standard InChI is InChI=1S/C25H19BrN4O2S/c1-15-6-5-9-21(16(15)2)30-24(32)19-7-3-4-8-20(19)28-25(30)33-14-18-12-23(31)29-13-17(26)10-11-22(29)27-18/h3-13H,14H2,1-2H3. The lowest BCUT2D eigenvalue weighted by Gasteiger charge is -2.16. The second-order valence-electron chi connectivity index (χ2n) is 7.72. The second-order valence-corrected chi connectivity index (χ2v) is 9.58. The molecule has 3 aromatic heterocycles. The predicted molar refractivity (Wildman–Crippen MR) is 136 cm³/mol. The van der Waals surface area contributed by atoms with Gasteiger partial charge in [0, 0.05) is 22.5 Å². The van der Waals surface area contributed by atoms with Crippen molar-refractivity contribution in [3.8, 4) is 5.69 Å². The Hall–Kier alpha value is -3.23. The average Bonchev–Trinajstić information content (AvgIpc) is 2.81. The van der Waals surface area contributed by atoms with Crippen molar-refractivity contribution in [2.75, 3.05) is 0 Å². The fraction of sp³-hybridized carbons (Fsp3) is 0.120. The van der Waals surface area contributed by atoms with Crippen molar-refractivity contribution in [2.45, 2.75) is 24.8 Å². The Morgan fingerprint density at radius 1 is 0.970 bits per heavy atom. The number of hydrogen-bond donors (Lipinski definition) is 0. The molecule has 0 unspecified atom stereocenters. The van der Waals surface area contributed by atoms with Crippen molar-refractivity contribution in [3.63, 3.8) is 0 Å². The number of halogens is 1. The van der Waals surface area contributed by atoms with E-state index < -0.39 is 0 Å². The summed E-state index contributed by atoms with van der Waals surface area (Å²) in [7, 11) is 0. The van der Waals surface area contributed by atoms with Crippen LogP contribution < -0.4 is 11.1 Å². The highest BCUT2D eigenvalue weighted by molar-refractivity contribution is 9.10. The molecule has 3 heterocycles. The Morgan fingerprint density at radius 2 is 1.79 bits per heavy atom. The minimum Gasteiger partial charge on any atom is -0.269 e. The first-order valence-electron chi connectivity index (χ1n) is 10.3. The van der Waals surface area contributed by atoms with Gasteiger partial charge in [0.2, 0.25) is 0 Å². The summed E-state index contributed by atoms with van der Waals surface area (Å²) in [5.41, 5.74) is 4.48. The van der Waals surface area contributed by atoms with Gasteiger partial charge in [-0.3, -0.25) is 18.6 Å². The molecule has 0 aliphatic carbocycles. The van der Waals surface area contributed by atoms with E-state index in [9.17, 15) is 9.59 Å². The van der Waals surface area contributed by atoms with E-state index in [0.29, 0.717) is 33.2 Å². The van der Waals surface area contributed by atoms with E-state index in [4.69, 9.17) is 4.98 Å². The molecule has 5 rings (SSSR count). The highest BCUT2D eigenvalue weighted by Gasteiger charge is 2.16. The third-order valence-corrected chi connectivity index (χ3v) is 7.03. The van der Waals surface area contributed by atoms with E-state index in [1.807, 2.05) is 56.3 Å². The highest BCUT2D eigenvalue weighted by atomic mass is 79.9. The van der Waals surface area contributed by atoms with Crippen molar-refractivity contribution in [3.05, 3.63) is 109 Å². The van der Waals surface area contributed by atoms with Crippen LogP contribution in [-0.4, -0.2) is 18.9 Å². The SMILES string of the molecule is Cc1cccc(-n2c(SCc3cc(=O)n4cc(Br)ccc4n3)nc3ccccc3c2=O)c1C. The zero-order valence-corrected chi connectivity index (χ0v) is 20.4. The van der Waals surface area contributed by atoms with Gasteiger partial charge in [0.15, 0.2) is 5.16 Å². The van der Waals surface area contributed by atoms with Crippen LogP contribution in [0.5, 0.6) is 0 Å². The highest BCUT2D eigenvalue weighted by Crippen LogP contribution is 2.26. The normalized spacial score (nSPS) is 11.4. The molecule has 164 valence electrons. The molecule has 0 saturated carbocycles. The first kappa shape index (κ1) is 21.6. The summed E-state index contributed by atoms with van der Waals surface area (Å²) < 4.78 is 3.97. The smallest absolute Gasteiger partial charge is 0.266 e. The molecule has 2 aromatic carbocycles. The summed E-state index contributed by atoms with van der Waals surface area (Å²) in [6, 6.07) is 18.4. The maximum atomic E-state index is 13.5. The molecule has 0 aliphatic rings. The van der Waals surface area contributed by atoms with Crippen molar-refractivity contribution in [1.82, 2.24) is 18.9 Å². The van der Waals surface area contributed by atoms with Gasteiger partial charge in [-0.1, -0.05) is 36.0 Å². The van der Waals surface area contributed by atoms with Crippen LogP contribution >= 0.6 is 27.7 Å². The van der Waals surface area contributed by atoms with Crippen LogP contribution in [0.3, 0.4) is 0 Å². The number of rotatable bonds is 4. The van der Waals surface area contributed by atoms with Gasteiger partial charge in [-0.25, -0.2) is 9.97 Å². The predicted octanol–water partition coefficient (Wildman–Crippen LogP) is 5.07. The van der Waals surface area contributed by atoms with Crippen LogP contribution in [0.1, 0.15) is 16.8 Å². The van der Waals surface area contributed by atoms with Gasteiger partial charge < -0.3 is 0 Å². The molecule has 5 aromatic rings. The Bertz CT molecular complexity index is 1660. The van der Waals surface area contributed by atoms with Crippen molar-refractivity contribution < 1.29 is 0 Å². The third kappa shape index (κ3) is 4.00. The van der Waals surface area contributed by atoms with Gasteiger partial charge >= 0.3 is 0 Å². The van der Waals surface area contributed by atoms with E-state index in [2.05, 4.69) is 20.9 Å². The molecule has 8 heteroatoms. The number of pyridine rings is 1. The maximum Gasteiger partial charge on any atom is 0.266 e. The Morgan fingerprint density at radius 3 is 2.64 bits per heavy atom. The van der Waals surface area contributed by atoms with Crippen LogP contribution in [0, 0.1) is 13.8 Å². The first-order chi connectivity index (χ1) is 15.9. The Balaban J connectivity index is 1.63. The number of aromatic nitrogens is 4. The van der Waals surface area contributed by atoms with Gasteiger partial charge in [-0.05, 0) is 71.2 Å². The van der Waals surface area contributed by atoms with Gasteiger partial charge in [0.25, 0.3) is 11.1 Å². The zero-order valence-electron chi connectivity index (χ0n) is 17.9. The fourth-order valence-corrected chi connectivity index (χ4v) is 4.97. The third-order valence-electron chi connectivity index (χ3n) is 5.59. The topological polar surface area (TPSA) is 69.3 Å². The molecule has 0 fully saturated rings. The van der Waals surface area contributed by atoms with Crippen LogP contribution in [0.2, 0.25) is 0 Å². The summed E-state index contributed by atoms with van der Waals surface area (Å²) in [6.45, 7) is 4.03. The fourth-order valence-electron chi connectivity index (χ4n) is 3.74. The number of nitrogens with zero attached hydrogens (tertiary/aromatic N) is 4. The van der Waals surface area contributed by atoms with E-state index in [1.165, 1.54) is 22.2 Å². The first-order valence-corrected chi connectivity index (χ1v) is 12.1. The summed E-state index contributed by atoms with van der Waals surface area (Å²) in [4.78, 5) is 35.5.